The summed E-state index contributed by atoms with van der Waals surface area (Å²) in [6.45, 7) is 7.77. The van der Waals surface area contributed by atoms with Crippen molar-refractivity contribution in [2.24, 2.45) is 17.8 Å². The first-order chi connectivity index (χ1) is 11.5. The number of nitrogens with zero attached hydrogens (tertiary/aromatic N) is 3. The van der Waals surface area contributed by atoms with Gasteiger partial charge < -0.3 is 14.9 Å². The van der Waals surface area contributed by atoms with E-state index >= 15 is 0 Å². The third-order valence-corrected chi connectivity index (χ3v) is 7.10. The normalized spacial score (nSPS) is 40.5. The lowest BCUT2D eigenvalue weighted by Gasteiger charge is -2.41. The van der Waals surface area contributed by atoms with E-state index in [0.29, 0.717) is 12.0 Å². The van der Waals surface area contributed by atoms with Crippen molar-refractivity contribution in [3.8, 4) is 0 Å². The highest BCUT2D eigenvalue weighted by Gasteiger charge is 2.57. The predicted octanol–water partition coefficient (Wildman–Crippen LogP) is 1.71. The van der Waals surface area contributed by atoms with Crippen LogP contribution >= 0.6 is 0 Å². The van der Waals surface area contributed by atoms with E-state index in [0.717, 1.165) is 63.7 Å². The van der Waals surface area contributed by atoms with Gasteiger partial charge in [0.25, 0.3) is 0 Å². The third kappa shape index (κ3) is 2.59. The van der Waals surface area contributed by atoms with Crippen molar-refractivity contribution >= 4 is 12.0 Å². The molecule has 0 aromatic carbocycles. The van der Waals surface area contributed by atoms with Crippen LogP contribution in [0.3, 0.4) is 0 Å². The zero-order valence-electron chi connectivity index (χ0n) is 14.7. The highest BCUT2D eigenvalue weighted by atomic mass is 16.4. The van der Waals surface area contributed by atoms with E-state index in [1.165, 1.54) is 0 Å². The molecule has 1 saturated carbocycles. The number of piperidine rings is 2. The number of fused-ring (bicyclic) bond motifs is 3. The molecule has 4 fully saturated rings. The molecule has 6 nitrogen and oxygen atoms in total. The predicted molar refractivity (Wildman–Crippen MR) is 89.7 cm³/mol. The highest BCUT2D eigenvalue weighted by Crippen LogP contribution is 2.53. The molecule has 0 aromatic rings. The van der Waals surface area contributed by atoms with E-state index in [4.69, 9.17) is 0 Å². The molecule has 5 atom stereocenters. The van der Waals surface area contributed by atoms with Crippen molar-refractivity contribution in [3.63, 3.8) is 0 Å². The molecule has 6 heteroatoms. The van der Waals surface area contributed by atoms with Gasteiger partial charge in [0.15, 0.2) is 0 Å². The summed E-state index contributed by atoms with van der Waals surface area (Å²) < 4.78 is 0. The molecule has 0 aromatic heterocycles. The molecule has 3 aliphatic heterocycles. The van der Waals surface area contributed by atoms with Crippen LogP contribution in [0.2, 0.25) is 0 Å². The van der Waals surface area contributed by atoms with Crippen molar-refractivity contribution in [2.45, 2.75) is 57.7 Å². The molecule has 2 unspecified atom stereocenters. The third-order valence-electron chi connectivity index (χ3n) is 7.10. The number of carbonyl (C=O) groups is 2. The van der Waals surface area contributed by atoms with Crippen molar-refractivity contribution < 1.29 is 14.7 Å². The smallest absolute Gasteiger partial charge is 0.407 e. The Morgan fingerprint density at radius 1 is 1.08 bits per heavy atom. The number of likely N-dealkylation sites (tertiary alicyclic amines) is 1. The topological polar surface area (TPSA) is 64.1 Å². The summed E-state index contributed by atoms with van der Waals surface area (Å²) in [6, 6.07) is 1.06. The van der Waals surface area contributed by atoms with Gasteiger partial charge in [0.05, 0.1) is 0 Å². The Bertz CT molecular complexity index is 514. The second-order valence-electron chi connectivity index (χ2n) is 8.20. The summed E-state index contributed by atoms with van der Waals surface area (Å²) in [5, 5.41) is 9.39. The van der Waals surface area contributed by atoms with Crippen molar-refractivity contribution in [3.05, 3.63) is 0 Å². The van der Waals surface area contributed by atoms with Gasteiger partial charge in [0, 0.05) is 51.2 Å². The molecule has 2 amide bonds. The van der Waals surface area contributed by atoms with Gasteiger partial charge in [-0.05, 0) is 50.4 Å². The van der Waals surface area contributed by atoms with E-state index in [9.17, 15) is 14.7 Å². The molecular formula is C18H29N3O3. The zero-order valence-corrected chi connectivity index (χ0v) is 14.7. The minimum absolute atomic E-state index is 0.192. The van der Waals surface area contributed by atoms with Crippen LogP contribution in [0.4, 0.5) is 4.79 Å². The van der Waals surface area contributed by atoms with E-state index < -0.39 is 6.09 Å². The van der Waals surface area contributed by atoms with Gasteiger partial charge >= 0.3 is 6.09 Å². The fraction of sp³-hybridized carbons (Fsp3) is 0.889. The Balaban J connectivity index is 1.30. The number of carbonyl (C=O) groups excluding carboxylic acids is 1. The summed E-state index contributed by atoms with van der Waals surface area (Å²) in [6.07, 6.45) is 3.39. The minimum Gasteiger partial charge on any atom is -0.465 e. The SMILES string of the molecule is CCN(C[C@@H]1[C@H]2CN(C3CC4CCC(C3)N4C(=O)O)C[C@@H]12)C(C)=O. The molecule has 2 bridgehead atoms. The number of carboxylic acid groups (broad SMARTS) is 1. The average molecular weight is 335 g/mol. The maximum absolute atomic E-state index is 11.6. The summed E-state index contributed by atoms with van der Waals surface area (Å²) in [5.74, 6) is 2.40. The maximum Gasteiger partial charge on any atom is 0.407 e. The van der Waals surface area contributed by atoms with Crippen LogP contribution in [-0.4, -0.2) is 76.1 Å². The zero-order chi connectivity index (χ0) is 17.0. The van der Waals surface area contributed by atoms with Gasteiger partial charge in [-0.25, -0.2) is 4.79 Å². The fourth-order valence-corrected chi connectivity index (χ4v) is 5.74. The van der Waals surface area contributed by atoms with E-state index in [2.05, 4.69) is 11.8 Å². The van der Waals surface area contributed by atoms with E-state index in [1.54, 1.807) is 11.8 Å². The van der Waals surface area contributed by atoms with Gasteiger partial charge in [-0.3, -0.25) is 9.69 Å². The Kier molecular flexibility index (Phi) is 3.98. The lowest BCUT2D eigenvalue weighted by atomic mass is 9.96. The largest absolute Gasteiger partial charge is 0.465 e. The molecule has 0 spiro atoms. The van der Waals surface area contributed by atoms with Crippen LogP contribution in [0.15, 0.2) is 0 Å². The first kappa shape index (κ1) is 16.2. The number of amides is 2. The summed E-state index contributed by atoms with van der Waals surface area (Å²) in [5.41, 5.74) is 0. The molecule has 4 rings (SSSR count). The molecule has 0 radical (unpaired) electrons. The van der Waals surface area contributed by atoms with E-state index in [1.807, 2.05) is 4.90 Å². The molecule has 1 aliphatic carbocycles. The molecule has 1 N–H and O–H groups in total. The van der Waals surface area contributed by atoms with Gasteiger partial charge in [0.2, 0.25) is 5.91 Å². The van der Waals surface area contributed by atoms with Gasteiger partial charge in [-0.1, -0.05) is 0 Å². The minimum atomic E-state index is -0.728. The molecule has 4 aliphatic rings. The Labute approximate surface area is 143 Å². The monoisotopic (exact) mass is 335 g/mol. The van der Waals surface area contributed by atoms with Gasteiger partial charge in [0.1, 0.15) is 0 Å². The second-order valence-corrected chi connectivity index (χ2v) is 8.20. The summed E-state index contributed by atoms with van der Waals surface area (Å²) >= 11 is 0. The lowest BCUT2D eigenvalue weighted by Crippen LogP contribution is -2.52. The molecule has 3 saturated heterocycles. The van der Waals surface area contributed by atoms with Crippen LogP contribution in [0.1, 0.15) is 39.5 Å². The Hall–Kier alpha value is -1.30. The first-order valence-corrected chi connectivity index (χ1v) is 9.50. The number of hydrogen-bond donors (Lipinski definition) is 1. The van der Waals surface area contributed by atoms with Gasteiger partial charge in [-0.15, -0.1) is 0 Å². The van der Waals surface area contributed by atoms with Gasteiger partial charge in [-0.2, -0.15) is 0 Å². The number of rotatable bonds is 4. The molecule has 134 valence electrons. The van der Waals surface area contributed by atoms with Crippen molar-refractivity contribution in [1.82, 2.24) is 14.7 Å². The maximum atomic E-state index is 11.6. The number of hydrogen-bond acceptors (Lipinski definition) is 3. The lowest BCUT2D eigenvalue weighted by molar-refractivity contribution is -0.129. The standard InChI is InChI=1S/C18H29N3O3/c1-3-19(11(2)22)8-15-16-9-20(10-17(15)16)14-6-12-4-5-13(7-14)21(12)18(23)24/h12-17H,3-10H2,1-2H3,(H,23,24)/t12?,13?,14?,15-,16-,17+. The first-order valence-electron chi connectivity index (χ1n) is 9.50. The molecule has 3 heterocycles. The molecular weight excluding hydrogens is 306 g/mol. The van der Waals surface area contributed by atoms with Crippen LogP contribution in [0.25, 0.3) is 0 Å². The van der Waals surface area contributed by atoms with Crippen LogP contribution in [-0.2, 0) is 4.79 Å². The van der Waals surface area contributed by atoms with Crippen LogP contribution in [0.5, 0.6) is 0 Å². The van der Waals surface area contributed by atoms with Crippen molar-refractivity contribution in [1.29, 1.82) is 0 Å². The summed E-state index contributed by atoms with van der Waals surface area (Å²) in [4.78, 5) is 29.3. The average Bonchev–Trinajstić information content (AvgIpc) is 2.88. The Morgan fingerprint density at radius 3 is 2.12 bits per heavy atom. The molecule has 24 heavy (non-hydrogen) atoms. The fourth-order valence-electron chi connectivity index (χ4n) is 5.74. The van der Waals surface area contributed by atoms with E-state index in [-0.39, 0.29) is 18.0 Å². The van der Waals surface area contributed by atoms with Crippen molar-refractivity contribution in [2.75, 3.05) is 26.2 Å². The summed E-state index contributed by atoms with van der Waals surface area (Å²) in [7, 11) is 0. The Morgan fingerprint density at radius 2 is 1.67 bits per heavy atom. The highest BCUT2D eigenvalue weighted by molar-refractivity contribution is 5.73. The second kappa shape index (κ2) is 5.90. The quantitative estimate of drug-likeness (QED) is 0.849. The van der Waals surface area contributed by atoms with Crippen LogP contribution < -0.4 is 0 Å². The van der Waals surface area contributed by atoms with Crippen LogP contribution in [0, 0.1) is 17.8 Å².